The second-order valence-corrected chi connectivity index (χ2v) is 5.37. The fraction of sp³-hybridized carbons (Fsp3) is 0.462. The van der Waals surface area contributed by atoms with E-state index in [2.05, 4.69) is 28.2 Å². The van der Waals surface area contributed by atoms with Gasteiger partial charge in [-0.1, -0.05) is 6.07 Å². The first-order valence-corrected chi connectivity index (χ1v) is 5.96. The van der Waals surface area contributed by atoms with E-state index < -0.39 is 0 Å². The topological polar surface area (TPSA) is 54.7 Å². The average Bonchev–Trinajstić information content (AvgIpc) is 3.18. The van der Waals surface area contributed by atoms with Gasteiger partial charge in [0, 0.05) is 11.0 Å². The van der Waals surface area contributed by atoms with Crippen molar-refractivity contribution in [1.29, 1.82) is 0 Å². The zero-order valence-corrected chi connectivity index (χ0v) is 9.16. The highest BCUT2D eigenvalue weighted by Gasteiger charge is 2.63. The number of H-pyrrole nitrogens is 1. The Balaban J connectivity index is 1.87. The van der Waals surface area contributed by atoms with Crippen LogP contribution in [0.15, 0.2) is 24.5 Å². The molecule has 1 aromatic heterocycles. The van der Waals surface area contributed by atoms with Gasteiger partial charge in [0.15, 0.2) is 0 Å². The summed E-state index contributed by atoms with van der Waals surface area (Å²) in [5.41, 5.74) is 10.4. The summed E-state index contributed by atoms with van der Waals surface area (Å²) in [5, 5.41) is 0. The maximum Gasteiger partial charge on any atom is 0.0931 e. The van der Waals surface area contributed by atoms with Crippen LogP contribution in [0.2, 0.25) is 0 Å². The fourth-order valence-corrected chi connectivity index (χ4v) is 3.05. The minimum Gasteiger partial charge on any atom is -0.345 e. The van der Waals surface area contributed by atoms with Gasteiger partial charge in [-0.2, -0.15) is 0 Å². The van der Waals surface area contributed by atoms with Crippen molar-refractivity contribution in [1.82, 2.24) is 9.97 Å². The Labute approximate surface area is 94.1 Å². The number of nitrogens with zero attached hydrogens (tertiary/aromatic N) is 1. The number of imidazole rings is 1. The molecule has 0 bridgehead atoms. The molecule has 0 spiro atoms. The summed E-state index contributed by atoms with van der Waals surface area (Å²) in [6.07, 6.45) is 6.64. The van der Waals surface area contributed by atoms with Crippen LogP contribution in [0.3, 0.4) is 0 Å². The molecule has 0 unspecified atom stereocenters. The molecule has 0 atom stereocenters. The molecule has 0 amide bonds. The Morgan fingerprint density at radius 2 is 2.00 bits per heavy atom. The zero-order chi connectivity index (χ0) is 10.8. The van der Waals surface area contributed by atoms with Crippen LogP contribution in [0.25, 0.3) is 11.0 Å². The molecule has 4 rings (SSSR count). The van der Waals surface area contributed by atoms with Crippen molar-refractivity contribution in [2.75, 3.05) is 0 Å². The molecule has 2 saturated carbocycles. The third-order valence-corrected chi connectivity index (χ3v) is 4.46. The van der Waals surface area contributed by atoms with Crippen molar-refractivity contribution >= 4 is 11.0 Å². The Hall–Kier alpha value is -1.35. The van der Waals surface area contributed by atoms with Crippen LogP contribution in [0, 0.1) is 0 Å². The van der Waals surface area contributed by atoms with Crippen molar-refractivity contribution in [2.45, 2.75) is 36.6 Å². The Bertz CT molecular complexity index is 561. The number of hydrogen-bond donors (Lipinski definition) is 2. The average molecular weight is 213 g/mol. The van der Waals surface area contributed by atoms with Crippen molar-refractivity contribution in [3.8, 4) is 0 Å². The Kier molecular flexibility index (Phi) is 1.36. The molecule has 1 aromatic carbocycles. The minimum atomic E-state index is 0.0979. The van der Waals surface area contributed by atoms with E-state index in [4.69, 9.17) is 5.73 Å². The Morgan fingerprint density at radius 3 is 2.69 bits per heavy atom. The summed E-state index contributed by atoms with van der Waals surface area (Å²) in [4.78, 5) is 7.43. The van der Waals surface area contributed by atoms with E-state index in [0.717, 1.165) is 11.0 Å². The molecule has 0 saturated heterocycles. The highest BCUT2D eigenvalue weighted by molar-refractivity contribution is 5.76. The zero-order valence-electron chi connectivity index (χ0n) is 9.16. The van der Waals surface area contributed by atoms with E-state index in [1.165, 1.54) is 31.2 Å². The summed E-state index contributed by atoms with van der Waals surface area (Å²) in [6, 6.07) is 6.55. The first-order valence-electron chi connectivity index (χ1n) is 5.96. The SMILES string of the molecule is NC1(C2(c3ccc4nc[nH]c4c3)CC2)CC1. The van der Waals surface area contributed by atoms with Crippen molar-refractivity contribution < 1.29 is 0 Å². The van der Waals surface area contributed by atoms with Crippen LogP contribution >= 0.6 is 0 Å². The van der Waals surface area contributed by atoms with E-state index in [-0.39, 0.29) is 11.0 Å². The van der Waals surface area contributed by atoms with E-state index in [9.17, 15) is 0 Å². The van der Waals surface area contributed by atoms with Gasteiger partial charge in [0.05, 0.1) is 17.4 Å². The van der Waals surface area contributed by atoms with Crippen LogP contribution in [0.5, 0.6) is 0 Å². The molecule has 3 heteroatoms. The van der Waals surface area contributed by atoms with Crippen molar-refractivity contribution in [3.05, 3.63) is 30.1 Å². The van der Waals surface area contributed by atoms with Gasteiger partial charge in [-0.3, -0.25) is 0 Å². The monoisotopic (exact) mass is 213 g/mol. The van der Waals surface area contributed by atoms with Crippen LogP contribution in [-0.2, 0) is 5.41 Å². The lowest BCUT2D eigenvalue weighted by molar-refractivity contribution is 0.504. The van der Waals surface area contributed by atoms with E-state index in [1.807, 2.05) is 0 Å². The number of nitrogens with two attached hydrogens (primary N) is 1. The molecule has 0 aliphatic heterocycles. The summed E-state index contributed by atoms with van der Waals surface area (Å²) >= 11 is 0. The smallest absolute Gasteiger partial charge is 0.0931 e. The minimum absolute atomic E-state index is 0.0979. The first kappa shape index (κ1) is 8.76. The van der Waals surface area contributed by atoms with E-state index in [0.29, 0.717) is 0 Å². The second-order valence-electron chi connectivity index (χ2n) is 5.37. The number of hydrogen-bond acceptors (Lipinski definition) is 2. The number of fused-ring (bicyclic) bond motifs is 1. The molecule has 2 aromatic rings. The molecule has 2 aliphatic rings. The lowest BCUT2D eigenvalue weighted by atomic mass is 9.86. The Morgan fingerprint density at radius 1 is 1.19 bits per heavy atom. The normalized spacial score (nSPS) is 24.6. The largest absolute Gasteiger partial charge is 0.345 e. The predicted octanol–water partition coefficient (Wildman–Crippen LogP) is 2.09. The highest BCUT2D eigenvalue weighted by atomic mass is 14.9. The van der Waals surface area contributed by atoms with Gasteiger partial charge in [0.25, 0.3) is 0 Å². The van der Waals surface area contributed by atoms with Gasteiger partial charge in [0.2, 0.25) is 0 Å². The van der Waals surface area contributed by atoms with Crippen molar-refractivity contribution in [2.24, 2.45) is 5.73 Å². The molecular formula is C13H15N3. The van der Waals surface area contributed by atoms with Gasteiger partial charge >= 0.3 is 0 Å². The van der Waals surface area contributed by atoms with Gasteiger partial charge in [-0.15, -0.1) is 0 Å². The summed E-state index contributed by atoms with van der Waals surface area (Å²) in [6.45, 7) is 0. The number of aromatic amines is 1. The summed E-state index contributed by atoms with van der Waals surface area (Å²) in [5.74, 6) is 0. The number of aromatic nitrogens is 2. The number of benzene rings is 1. The highest BCUT2D eigenvalue weighted by Crippen LogP contribution is 2.63. The molecule has 3 nitrogen and oxygen atoms in total. The van der Waals surface area contributed by atoms with E-state index in [1.54, 1.807) is 6.33 Å². The summed E-state index contributed by atoms with van der Waals surface area (Å²) < 4.78 is 0. The third-order valence-electron chi connectivity index (χ3n) is 4.46. The third kappa shape index (κ3) is 0.944. The van der Waals surface area contributed by atoms with Crippen LogP contribution in [0.4, 0.5) is 0 Å². The molecule has 2 aliphatic carbocycles. The lowest BCUT2D eigenvalue weighted by Crippen LogP contribution is -2.37. The first-order chi connectivity index (χ1) is 7.74. The van der Waals surface area contributed by atoms with Crippen LogP contribution in [-0.4, -0.2) is 15.5 Å². The van der Waals surface area contributed by atoms with Gasteiger partial charge in [-0.05, 0) is 43.4 Å². The van der Waals surface area contributed by atoms with E-state index >= 15 is 0 Å². The summed E-state index contributed by atoms with van der Waals surface area (Å²) in [7, 11) is 0. The number of rotatable bonds is 2. The van der Waals surface area contributed by atoms with Gasteiger partial charge < -0.3 is 10.7 Å². The molecule has 3 N–H and O–H groups in total. The lowest BCUT2D eigenvalue weighted by Gasteiger charge is -2.23. The number of nitrogens with one attached hydrogen (secondary N) is 1. The fourth-order valence-electron chi connectivity index (χ4n) is 3.05. The molecule has 16 heavy (non-hydrogen) atoms. The van der Waals surface area contributed by atoms with Gasteiger partial charge in [0.1, 0.15) is 0 Å². The molecule has 0 radical (unpaired) electrons. The molecule has 82 valence electrons. The van der Waals surface area contributed by atoms with Crippen LogP contribution in [0.1, 0.15) is 31.2 Å². The van der Waals surface area contributed by atoms with Crippen LogP contribution < -0.4 is 5.73 Å². The maximum atomic E-state index is 6.41. The molecule has 2 fully saturated rings. The molecule has 1 heterocycles. The second kappa shape index (κ2) is 2.48. The quantitative estimate of drug-likeness (QED) is 0.802. The maximum absolute atomic E-state index is 6.41. The van der Waals surface area contributed by atoms with Crippen molar-refractivity contribution in [3.63, 3.8) is 0 Å². The standard InChI is InChI=1S/C13H15N3/c14-13(5-6-13)12(3-4-12)9-1-2-10-11(7-9)16-8-15-10/h1-2,7-8H,3-6,14H2,(H,15,16). The van der Waals surface area contributed by atoms with Gasteiger partial charge in [-0.25, -0.2) is 4.98 Å². The molecular weight excluding hydrogens is 198 g/mol. The predicted molar refractivity (Wildman–Crippen MR) is 63.2 cm³/mol.